The van der Waals surface area contributed by atoms with Crippen LogP contribution in [-0.2, 0) is 0 Å². The van der Waals surface area contributed by atoms with Gasteiger partial charge in [0.1, 0.15) is 10.9 Å². The standard InChI is InChI=1S/C8H3Br2NS/c9-6-2-7(10)8-5(6)1-4(3-11)12-8/h1H,2H2. The maximum absolute atomic E-state index is 8.68. The molecule has 1 aromatic heterocycles. The minimum atomic E-state index is 0.772. The summed E-state index contributed by atoms with van der Waals surface area (Å²) in [5, 5.41) is 9.85. The molecule has 0 atom stereocenters. The molecule has 0 N–H and O–H groups in total. The van der Waals surface area contributed by atoms with Crippen LogP contribution in [0.5, 0.6) is 0 Å². The van der Waals surface area contributed by atoms with E-state index in [0.29, 0.717) is 0 Å². The second kappa shape index (κ2) is 2.99. The van der Waals surface area contributed by atoms with E-state index in [0.717, 1.165) is 11.3 Å². The number of fused-ring (bicyclic) bond motifs is 1. The van der Waals surface area contributed by atoms with Crippen molar-refractivity contribution in [1.82, 2.24) is 0 Å². The molecule has 0 saturated heterocycles. The Labute approximate surface area is 90.3 Å². The fourth-order valence-electron chi connectivity index (χ4n) is 1.16. The summed E-state index contributed by atoms with van der Waals surface area (Å²) in [6.45, 7) is 0. The molecule has 1 nitrogen and oxygen atoms in total. The van der Waals surface area contributed by atoms with Gasteiger partial charge in [-0.15, -0.1) is 11.3 Å². The zero-order valence-electron chi connectivity index (χ0n) is 5.90. The predicted molar refractivity (Wildman–Crippen MR) is 57.6 cm³/mol. The van der Waals surface area contributed by atoms with Crippen molar-refractivity contribution < 1.29 is 0 Å². The molecule has 0 aromatic carbocycles. The molecule has 1 aliphatic carbocycles. The van der Waals surface area contributed by atoms with Gasteiger partial charge in [0.25, 0.3) is 0 Å². The first-order valence-electron chi connectivity index (χ1n) is 3.29. The largest absolute Gasteiger partial charge is 0.192 e. The first-order chi connectivity index (χ1) is 5.72. The molecule has 0 bridgehead atoms. The zero-order valence-corrected chi connectivity index (χ0v) is 9.88. The molecule has 1 heterocycles. The molecule has 0 amide bonds. The van der Waals surface area contributed by atoms with Gasteiger partial charge >= 0.3 is 0 Å². The van der Waals surface area contributed by atoms with Gasteiger partial charge in [-0.3, -0.25) is 0 Å². The van der Waals surface area contributed by atoms with Crippen LogP contribution in [-0.4, -0.2) is 0 Å². The van der Waals surface area contributed by atoms with Crippen molar-refractivity contribution in [3.05, 3.63) is 20.7 Å². The van der Waals surface area contributed by atoms with E-state index in [9.17, 15) is 0 Å². The summed E-state index contributed by atoms with van der Waals surface area (Å²) in [5.74, 6) is 0. The second-order valence-corrected chi connectivity index (χ2v) is 5.42. The van der Waals surface area contributed by atoms with Crippen LogP contribution in [0.4, 0.5) is 0 Å². The van der Waals surface area contributed by atoms with Crippen LogP contribution >= 0.6 is 43.2 Å². The van der Waals surface area contributed by atoms with E-state index >= 15 is 0 Å². The Balaban J connectivity index is 2.90. The molecule has 0 radical (unpaired) electrons. The van der Waals surface area contributed by atoms with Crippen molar-refractivity contribution in [3.8, 4) is 6.07 Å². The summed E-state index contributed by atoms with van der Waals surface area (Å²) in [4.78, 5) is 0.772. The lowest BCUT2D eigenvalue weighted by Gasteiger charge is -1.86. The number of hydrogen-bond donors (Lipinski definition) is 0. The van der Waals surface area contributed by atoms with E-state index in [1.807, 2.05) is 6.07 Å². The average molecular weight is 305 g/mol. The van der Waals surface area contributed by atoms with Crippen LogP contribution in [0.3, 0.4) is 0 Å². The topological polar surface area (TPSA) is 23.8 Å². The average Bonchev–Trinajstić information content (AvgIpc) is 2.55. The maximum Gasteiger partial charge on any atom is 0.110 e. The van der Waals surface area contributed by atoms with Crippen LogP contribution < -0.4 is 9.75 Å². The van der Waals surface area contributed by atoms with E-state index in [-0.39, 0.29) is 0 Å². The Morgan fingerprint density at radius 3 is 2.75 bits per heavy atom. The van der Waals surface area contributed by atoms with Crippen LogP contribution in [0.2, 0.25) is 0 Å². The van der Waals surface area contributed by atoms with Gasteiger partial charge in [-0.1, -0.05) is 31.9 Å². The van der Waals surface area contributed by atoms with E-state index < -0.39 is 0 Å². The maximum atomic E-state index is 8.68. The van der Waals surface area contributed by atoms with Crippen LogP contribution in [0, 0.1) is 11.3 Å². The summed E-state index contributed by atoms with van der Waals surface area (Å²) >= 11 is 8.51. The van der Waals surface area contributed by atoms with E-state index in [1.54, 1.807) is 0 Å². The predicted octanol–water partition coefficient (Wildman–Crippen LogP) is 2.03. The van der Waals surface area contributed by atoms with Gasteiger partial charge in [-0.05, 0) is 6.07 Å². The summed E-state index contributed by atoms with van der Waals surface area (Å²) in [6.07, 6.45) is 0.923. The number of rotatable bonds is 0. The van der Waals surface area contributed by atoms with Gasteiger partial charge in [-0.25, -0.2) is 0 Å². The van der Waals surface area contributed by atoms with Crippen LogP contribution in [0.25, 0.3) is 8.96 Å². The molecule has 0 spiro atoms. The van der Waals surface area contributed by atoms with Gasteiger partial charge in [-0.2, -0.15) is 5.26 Å². The Hall–Kier alpha value is -0.110. The lowest BCUT2D eigenvalue weighted by molar-refractivity contribution is 1.52. The van der Waals surface area contributed by atoms with Crippen LogP contribution in [0.1, 0.15) is 11.3 Å². The first kappa shape index (κ1) is 8.49. The van der Waals surface area contributed by atoms with Gasteiger partial charge in [0, 0.05) is 25.1 Å². The van der Waals surface area contributed by atoms with Gasteiger partial charge in [0.05, 0.1) is 0 Å². The smallest absolute Gasteiger partial charge is 0.110 e. The van der Waals surface area contributed by atoms with E-state index in [1.165, 1.54) is 30.1 Å². The highest BCUT2D eigenvalue weighted by Crippen LogP contribution is 2.25. The normalized spacial score (nSPS) is 14.8. The molecule has 1 aliphatic rings. The summed E-state index contributed by atoms with van der Waals surface area (Å²) in [7, 11) is 0. The Bertz CT molecular complexity index is 455. The molecular weight excluding hydrogens is 302 g/mol. The number of thiophene rings is 1. The fourth-order valence-corrected chi connectivity index (χ4v) is 3.92. The second-order valence-electron chi connectivity index (χ2n) is 2.45. The Kier molecular flexibility index (Phi) is 2.11. The number of halogens is 2. The fraction of sp³-hybridized carbons (Fsp3) is 0.125. The zero-order chi connectivity index (χ0) is 8.72. The summed E-state index contributed by atoms with van der Waals surface area (Å²) in [6, 6.07) is 4.08. The third kappa shape index (κ3) is 1.17. The number of nitrogens with zero attached hydrogens (tertiary/aromatic N) is 1. The van der Waals surface area contributed by atoms with Crippen molar-refractivity contribution in [1.29, 1.82) is 5.26 Å². The molecule has 12 heavy (non-hydrogen) atoms. The molecule has 0 aliphatic heterocycles. The van der Waals surface area contributed by atoms with Crippen molar-refractivity contribution in [2.45, 2.75) is 6.42 Å². The summed E-state index contributed by atoms with van der Waals surface area (Å²) in [5.41, 5.74) is 0. The van der Waals surface area contributed by atoms with E-state index in [2.05, 4.69) is 37.9 Å². The third-order valence-electron chi connectivity index (χ3n) is 1.69. The van der Waals surface area contributed by atoms with Crippen molar-refractivity contribution in [2.24, 2.45) is 0 Å². The SMILES string of the molecule is N#Cc1cc2c(s1)=C(Br)CC=2Br. The first-order valence-corrected chi connectivity index (χ1v) is 5.70. The van der Waals surface area contributed by atoms with Crippen molar-refractivity contribution in [2.75, 3.05) is 0 Å². The number of hydrogen-bond acceptors (Lipinski definition) is 2. The lowest BCUT2D eigenvalue weighted by atomic mass is 10.4. The molecule has 1 aromatic rings. The lowest BCUT2D eigenvalue weighted by Crippen LogP contribution is -2.14. The Morgan fingerprint density at radius 1 is 1.42 bits per heavy atom. The monoisotopic (exact) mass is 303 g/mol. The van der Waals surface area contributed by atoms with Crippen LogP contribution in [0.15, 0.2) is 6.07 Å². The Morgan fingerprint density at radius 2 is 2.17 bits per heavy atom. The molecule has 0 saturated carbocycles. The van der Waals surface area contributed by atoms with Gasteiger partial charge in [0.2, 0.25) is 0 Å². The minimum absolute atomic E-state index is 0.772. The molecular formula is C8H3Br2NS. The highest BCUT2D eigenvalue weighted by molar-refractivity contribution is 9.15. The van der Waals surface area contributed by atoms with Gasteiger partial charge in [0.15, 0.2) is 0 Å². The van der Waals surface area contributed by atoms with Gasteiger partial charge < -0.3 is 0 Å². The minimum Gasteiger partial charge on any atom is -0.192 e. The third-order valence-corrected chi connectivity index (χ3v) is 4.44. The molecule has 60 valence electrons. The highest BCUT2D eigenvalue weighted by atomic mass is 79.9. The molecule has 0 unspecified atom stereocenters. The van der Waals surface area contributed by atoms with Crippen molar-refractivity contribution >= 4 is 52.2 Å². The molecule has 4 heteroatoms. The van der Waals surface area contributed by atoms with E-state index in [4.69, 9.17) is 5.26 Å². The highest BCUT2D eigenvalue weighted by Gasteiger charge is 2.11. The number of nitriles is 1. The van der Waals surface area contributed by atoms with Crippen molar-refractivity contribution in [3.63, 3.8) is 0 Å². The molecule has 0 fully saturated rings. The summed E-state index contributed by atoms with van der Waals surface area (Å²) < 4.78 is 3.54. The quantitative estimate of drug-likeness (QED) is 0.719. The molecule has 2 rings (SSSR count).